The average Bonchev–Trinajstić information content (AvgIpc) is 3.32. The standard InChI is InChI=1S/C18H20FN5O4S2/c1-11(25)20-9-13-10-24(18(27)28-13)12-2-3-15(14(19)8-12)22-4-6-23(7-5-22)16-21-17(26)30-29-16/h2-3,8,13H,4-7,9-10H2,1H3,(H,20,25)/t13-/m0/s1. The minimum Gasteiger partial charge on any atom is -0.442 e. The second-order valence-electron chi connectivity index (χ2n) is 6.99. The lowest BCUT2D eigenvalue weighted by molar-refractivity contribution is -0.119. The summed E-state index contributed by atoms with van der Waals surface area (Å²) in [7, 11) is 2.47. The Balaban J connectivity index is 1.39. The number of hydrogen-bond donors (Lipinski definition) is 1. The van der Waals surface area contributed by atoms with Gasteiger partial charge in [0.1, 0.15) is 11.9 Å². The smallest absolute Gasteiger partial charge is 0.414 e. The molecule has 2 aromatic rings. The van der Waals surface area contributed by atoms with E-state index in [1.54, 1.807) is 12.1 Å². The molecule has 4 rings (SSSR count). The Morgan fingerprint density at radius 3 is 2.60 bits per heavy atom. The fraction of sp³-hybridized carbons (Fsp3) is 0.444. The molecule has 2 aliphatic rings. The van der Waals surface area contributed by atoms with Crippen LogP contribution in [0.2, 0.25) is 0 Å². The summed E-state index contributed by atoms with van der Waals surface area (Å²) in [5.74, 6) is -0.624. The summed E-state index contributed by atoms with van der Waals surface area (Å²) in [5.41, 5.74) is 0.879. The van der Waals surface area contributed by atoms with Gasteiger partial charge in [0, 0.05) is 33.1 Å². The van der Waals surface area contributed by atoms with Crippen LogP contribution in [0.5, 0.6) is 0 Å². The molecule has 1 aromatic carbocycles. The number of aromatic nitrogens is 1. The predicted molar refractivity (Wildman–Crippen MR) is 113 cm³/mol. The van der Waals surface area contributed by atoms with Gasteiger partial charge in [0.15, 0.2) is 5.13 Å². The van der Waals surface area contributed by atoms with Crippen LogP contribution in [0.25, 0.3) is 0 Å². The van der Waals surface area contributed by atoms with E-state index in [4.69, 9.17) is 4.74 Å². The van der Waals surface area contributed by atoms with E-state index in [0.29, 0.717) is 42.7 Å². The van der Waals surface area contributed by atoms with Crippen molar-refractivity contribution in [2.75, 3.05) is 54.0 Å². The molecule has 30 heavy (non-hydrogen) atoms. The third-order valence-electron chi connectivity index (χ3n) is 4.96. The van der Waals surface area contributed by atoms with E-state index in [-0.39, 0.29) is 23.9 Å². The highest BCUT2D eigenvalue weighted by molar-refractivity contribution is 7.69. The highest BCUT2D eigenvalue weighted by atomic mass is 32.9. The third kappa shape index (κ3) is 4.38. The summed E-state index contributed by atoms with van der Waals surface area (Å²) in [5, 5.41) is 3.32. The largest absolute Gasteiger partial charge is 0.442 e. The van der Waals surface area contributed by atoms with Crippen LogP contribution in [0.3, 0.4) is 0 Å². The van der Waals surface area contributed by atoms with Crippen LogP contribution >= 0.6 is 20.7 Å². The maximum absolute atomic E-state index is 14.8. The van der Waals surface area contributed by atoms with Gasteiger partial charge < -0.3 is 19.9 Å². The first-order chi connectivity index (χ1) is 14.4. The molecular weight excluding hydrogens is 433 g/mol. The van der Waals surface area contributed by atoms with Crippen molar-refractivity contribution < 1.29 is 18.7 Å². The van der Waals surface area contributed by atoms with Gasteiger partial charge in [-0.1, -0.05) is 0 Å². The van der Waals surface area contributed by atoms with E-state index in [0.717, 1.165) is 10.3 Å². The van der Waals surface area contributed by atoms with Gasteiger partial charge in [-0.15, -0.1) is 0 Å². The number of cyclic esters (lactones) is 1. The SMILES string of the molecule is CC(=O)NC[C@H]1CN(c2ccc(N3CCN(c4nc(=O)ss4)CC3)c(F)c2)C(=O)O1. The number of ether oxygens (including phenoxy) is 1. The molecule has 0 aliphatic carbocycles. The van der Waals surface area contributed by atoms with Gasteiger partial charge in [0.2, 0.25) is 5.91 Å². The third-order valence-corrected chi connectivity index (χ3v) is 6.90. The number of nitrogens with one attached hydrogen (secondary N) is 1. The molecule has 0 unspecified atom stereocenters. The predicted octanol–water partition coefficient (Wildman–Crippen LogP) is 1.49. The molecule has 0 saturated carbocycles. The summed E-state index contributed by atoms with van der Waals surface area (Å²) in [6, 6.07) is 4.69. The molecule has 2 saturated heterocycles. The topological polar surface area (TPSA) is 95.1 Å². The van der Waals surface area contributed by atoms with Gasteiger partial charge in [0.25, 0.3) is 0 Å². The van der Waals surface area contributed by atoms with E-state index in [1.807, 2.05) is 9.80 Å². The molecule has 1 atom stereocenters. The molecule has 0 radical (unpaired) electrons. The van der Waals surface area contributed by atoms with Crippen LogP contribution in [-0.4, -0.2) is 62.4 Å². The first-order valence-corrected chi connectivity index (χ1v) is 11.5. The van der Waals surface area contributed by atoms with Crippen molar-refractivity contribution >= 4 is 49.2 Å². The Morgan fingerprint density at radius 2 is 1.97 bits per heavy atom. The van der Waals surface area contributed by atoms with E-state index in [9.17, 15) is 18.8 Å². The fourth-order valence-electron chi connectivity index (χ4n) is 3.47. The summed E-state index contributed by atoms with van der Waals surface area (Å²) >= 11 is 0. The lowest BCUT2D eigenvalue weighted by Crippen LogP contribution is -2.47. The molecule has 2 fully saturated rings. The number of halogens is 1. The van der Waals surface area contributed by atoms with Gasteiger partial charge in [-0.25, -0.2) is 9.18 Å². The number of anilines is 3. The maximum atomic E-state index is 14.8. The van der Waals surface area contributed by atoms with Crippen molar-refractivity contribution in [3.63, 3.8) is 0 Å². The van der Waals surface area contributed by atoms with Crippen LogP contribution in [0.4, 0.5) is 25.7 Å². The number of amides is 2. The van der Waals surface area contributed by atoms with E-state index in [2.05, 4.69) is 10.3 Å². The minimum atomic E-state index is -0.562. The number of nitrogens with zero attached hydrogens (tertiary/aromatic N) is 4. The van der Waals surface area contributed by atoms with Crippen molar-refractivity contribution in [1.29, 1.82) is 0 Å². The monoisotopic (exact) mass is 453 g/mol. The first-order valence-electron chi connectivity index (χ1n) is 9.40. The van der Waals surface area contributed by atoms with E-state index in [1.165, 1.54) is 28.2 Å². The summed E-state index contributed by atoms with van der Waals surface area (Å²) < 4.78 is 20.1. The highest BCUT2D eigenvalue weighted by Crippen LogP contribution is 2.29. The maximum Gasteiger partial charge on any atom is 0.414 e. The number of piperazine rings is 1. The molecule has 1 aromatic heterocycles. The lowest BCUT2D eigenvalue weighted by atomic mass is 10.2. The number of rotatable bonds is 5. The van der Waals surface area contributed by atoms with Crippen molar-refractivity contribution in [2.24, 2.45) is 0 Å². The van der Waals surface area contributed by atoms with Gasteiger partial charge >= 0.3 is 11.0 Å². The highest BCUT2D eigenvalue weighted by Gasteiger charge is 2.33. The Kier molecular flexibility index (Phi) is 5.86. The van der Waals surface area contributed by atoms with Crippen LogP contribution in [-0.2, 0) is 9.53 Å². The Hall–Kier alpha value is -2.73. The molecule has 160 valence electrons. The van der Waals surface area contributed by atoms with Gasteiger partial charge in [-0.3, -0.25) is 14.5 Å². The van der Waals surface area contributed by atoms with Crippen molar-refractivity contribution in [2.45, 2.75) is 13.0 Å². The first kappa shape index (κ1) is 20.5. The Labute approximate surface area is 179 Å². The van der Waals surface area contributed by atoms with Crippen molar-refractivity contribution in [3.05, 3.63) is 33.7 Å². The zero-order valence-corrected chi connectivity index (χ0v) is 17.8. The number of benzene rings is 1. The van der Waals surface area contributed by atoms with Crippen LogP contribution < -0.4 is 24.9 Å². The Morgan fingerprint density at radius 1 is 1.23 bits per heavy atom. The molecule has 1 N–H and O–H groups in total. The van der Waals surface area contributed by atoms with Gasteiger partial charge in [-0.05, 0) is 38.9 Å². The minimum absolute atomic E-state index is 0.196. The number of carbonyl (C=O) groups is 2. The number of hydrogen-bond acceptors (Lipinski definition) is 9. The summed E-state index contributed by atoms with van der Waals surface area (Å²) in [6.07, 6.45) is -1.04. The second kappa shape index (κ2) is 8.56. The molecule has 12 heteroatoms. The zero-order chi connectivity index (χ0) is 21.3. The van der Waals surface area contributed by atoms with Crippen LogP contribution in [0, 0.1) is 5.82 Å². The normalized spacial score (nSPS) is 19.2. The van der Waals surface area contributed by atoms with Crippen LogP contribution in [0.1, 0.15) is 6.92 Å². The van der Waals surface area contributed by atoms with Crippen molar-refractivity contribution in [3.8, 4) is 0 Å². The second-order valence-corrected chi connectivity index (χ2v) is 9.04. The summed E-state index contributed by atoms with van der Waals surface area (Å²) in [6.45, 7) is 4.33. The van der Waals surface area contributed by atoms with Gasteiger partial charge in [0.05, 0.1) is 24.5 Å². The van der Waals surface area contributed by atoms with E-state index >= 15 is 0 Å². The molecular formula is C18H20FN5O4S2. The molecule has 2 amide bonds. The molecule has 9 nitrogen and oxygen atoms in total. The Bertz CT molecular complexity index is 1000. The zero-order valence-electron chi connectivity index (χ0n) is 16.2. The van der Waals surface area contributed by atoms with Crippen LogP contribution in [0.15, 0.2) is 23.0 Å². The number of carbonyl (C=O) groups excluding carboxylic acids is 2. The van der Waals surface area contributed by atoms with E-state index < -0.39 is 18.0 Å². The van der Waals surface area contributed by atoms with Crippen molar-refractivity contribution in [1.82, 2.24) is 10.3 Å². The molecule has 0 bridgehead atoms. The van der Waals surface area contributed by atoms with Gasteiger partial charge in [-0.2, -0.15) is 4.98 Å². The summed E-state index contributed by atoms with van der Waals surface area (Å²) in [4.78, 5) is 43.6. The molecule has 0 spiro atoms. The average molecular weight is 454 g/mol. The quantitative estimate of drug-likeness (QED) is 0.686. The lowest BCUT2D eigenvalue weighted by Gasteiger charge is -2.36. The molecule has 2 aliphatic heterocycles. The fourth-order valence-corrected chi connectivity index (χ4v) is 5.18. The molecule has 3 heterocycles.